The Morgan fingerprint density at radius 2 is 1.81 bits per heavy atom. The summed E-state index contributed by atoms with van der Waals surface area (Å²) in [5.74, 6) is 0.0494. The Kier molecular flexibility index (Phi) is 8.02. The van der Waals surface area contributed by atoms with Gasteiger partial charge in [0, 0.05) is 8.95 Å². The molecule has 1 aliphatic rings. The number of amides is 1. The summed E-state index contributed by atoms with van der Waals surface area (Å²) < 4.78 is 17.1. The van der Waals surface area contributed by atoms with Gasteiger partial charge in [-0.2, -0.15) is 0 Å². The summed E-state index contributed by atoms with van der Waals surface area (Å²) in [5.41, 5.74) is 3.61. The Labute approximate surface area is 206 Å². The van der Waals surface area contributed by atoms with Crippen LogP contribution in [0.25, 0.3) is 6.08 Å². The molecule has 0 aromatic heterocycles. The van der Waals surface area contributed by atoms with E-state index in [0.717, 1.165) is 21.3 Å². The van der Waals surface area contributed by atoms with Crippen molar-refractivity contribution in [2.24, 2.45) is 4.99 Å². The molecule has 1 fully saturated rings. The molecule has 2 aromatic rings. The lowest BCUT2D eigenvalue weighted by molar-refractivity contribution is -0.142. The zero-order chi connectivity index (χ0) is 23.4. The first-order chi connectivity index (χ1) is 15.2. The SMILES string of the molecule is COC(=O)COc1cc(Br)c(/C=C2\SC(=Nc3cc(C)c(Br)c(C)c3)NC2=O)cc1OC. The van der Waals surface area contributed by atoms with Gasteiger partial charge in [0.25, 0.3) is 5.91 Å². The first kappa shape index (κ1) is 24.3. The van der Waals surface area contributed by atoms with Gasteiger partial charge in [-0.05, 0) is 72.6 Å². The normalized spacial score (nSPS) is 15.8. The number of aryl methyl sites for hydroxylation is 2. The molecule has 1 N–H and O–H groups in total. The molecule has 1 aliphatic heterocycles. The Morgan fingerprint density at radius 3 is 2.44 bits per heavy atom. The van der Waals surface area contributed by atoms with Crippen LogP contribution in [0.1, 0.15) is 16.7 Å². The van der Waals surface area contributed by atoms with Gasteiger partial charge in [0.1, 0.15) is 0 Å². The van der Waals surface area contributed by atoms with Gasteiger partial charge < -0.3 is 19.5 Å². The highest BCUT2D eigenvalue weighted by Crippen LogP contribution is 2.37. The lowest BCUT2D eigenvalue weighted by atomic mass is 10.1. The van der Waals surface area contributed by atoms with Crippen molar-refractivity contribution in [1.82, 2.24) is 5.32 Å². The maximum atomic E-state index is 12.5. The highest BCUT2D eigenvalue weighted by Gasteiger charge is 2.24. The summed E-state index contributed by atoms with van der Waals surface area (Å²) in [5, 5.41) is 3.30. The molecule has 0 aliphatic carbocycles. The topological polar surface area (TPSA) is 86.2 Å². The van der Waals surface area contributed by atoms with E-state index >= 15 is 0 Å². The van der Waals surface area contributed by atoms with E-state index in [2.05, 4.69) is 46.9 Å². The highest BCUT2D eigenvalue weighted by atomic mass is 79.9. The van der Waals surface area contributed by atoms with Crippen molar-refractivity contribution < 1.29 is 23.8 Å². The van der Waals surface area contributed by atoms with Gasteiger partial charge in [0.05, 0.1) is 24.8 Å². The van der Waals surface area contributed by atoms with Gasteiger partial charge in [-0.3, -0.25) is 4.79 Å². The molecule has 7 nitrogen and oxygen atoms in total. The summed E-state index contributed by atoms with van der Waals surface area (Å²) in [6, 6.07) is 7.29. The molecule has 0 bridgehead atoms. The minimum atomic E-state index is -0.503. The van der Waals surface area contributed by atoms with Crippen molar-refractivity contribution in [3.05, 3.63) is 54.8 Å². The summed E-state index contributed by atoms with van der Waals surface area (Å²) in [4.78, 5) is 28.9. The maximum absolute atomic E-state index is 12.5. The average Bonchev–Trinajstić information content (AvgIpc) is 3.10. The van der Waals surface area contributed by atoms with Crippen LogP contribution in [-0.4, -0.2) is 37.9 Å². The lowest BCUT2D eigenvalue weighted by Gasteiger charge is -2.12. The molecule has 10 heteroatoms. The Hall–Kier alpha value is -2.30. The van der Waals surface area contributed by atoms with Crippen molar-refractivity contribution in [3.63, 3.8) is 0 Å². The monoisotopic (exact) mass is 582 g/mol. The minimum absolute atomic E-state index is 0.240. The standard InChI is InChI=1S/C22H20Br2N2O5S/c1-11-5-14(6-12(2)20(11)24)25-22-26-21(28)18(32-22)8-13-7-16(29-3)17(9-15(13)23)31-10-19(27)30-4/h5-9H,10H2,1-4H3,(H,25,26,28)/b18-8-. The smallest absolute Gasteiger partial charge is 0.343 e. The quantitative estimate of drug-likeness (QED) is 0.368. The van der Waals surface area contributed by atoms with E-state index in [9.17, 15) is 9.59 Å². The summed E-state index contributed by atoms with van der Waals surface area (Å²) in [7, 11) is 2.78. The first-order valence-corrected chi connectivity index (χ1v) is 11.8. The fourth-order valence-electron chi connectivity index (χ4n) is 2.86. The number of nitrogens with one attached hydrogen (secondary N) is 1. The Morgan fingerprint density at radius 1 is 1.12 bits per heavy atom. The fourth-order valence-corrected chi connectivity index (χ4v) is 4.35. The van der Waals surface area contributed by atoms with Crippen LogP contribution in [0.15, 0.2) is 43.1 Å². The van der Waals surface area contributed by atoms with Crippen molar-refractivity contribution >= 4 is 72.4 Å². The van der Waals surface area contributed by atoms with Gasteiger partial charge in [-0.15, -0.1) is 0 Å². The number of halogens is 2. The number of esters is 1. The van der Waals surface area contributed by atoms with Crippen LogP contribution in [0.5, 0.6) is 11.5 Å². The van der Waals surface area contributed by atoms with Crippen LogP contribution in [0.3, 0.4) is 0 Å². The van der Waals surface area contributed by atoms with Gasteiger partial charge >= 0.3 is 5.97 Å². The van der Waals surface area contributed by atoms with E-state index in [0.29, 0.717) is 31.6 Å². The number of carbonyl (C=O) groups is 2. The molecule has 0 radical (unpaired) electrons. The first-order valence-electron chi connectivity index (χ1n) is 9.35. The number of rotatable bonds is 6. The predicted octanol–water partition coefficient (Wildman–Crippen LogP) is 5.28. The van der Waals surface area contributed by atoms with Crippen LogP contribution in [-0.2, 0) is 14.3 Å². The Bertz CT molecular complexity index is 1120. The van der Waals surface area contributed by atoms with E-state index in [4.69, 9.17) is 9.47 Å². The summed E-state index contributed by atoms with van der Waals surface area (Å²) >= 11 is 8.28. The molecule has 1 heterocycles. The second-order valence-corrected chi connectivity index (χ2v) is 9.44. The van der Waals surface area contributed by atoms with Crippen molar-refractivity contribution in [1.29, 1.82) is 0 Å². The summed E-state index contributed by atoms with van der Waals surface area (Å²) in [6.07, 6.45) is 1.73. The average molecular weight is 584 g/mol. The molecule has 0 saturated carbocycles. The molecule has 0 atom stereocenters. The summed E-state index contributed by atoms with van der Waals surface area (Å²) in [6.45, 7) is 3.75. The van der Waals surface area contributed by atoms with E-state index in [1.807, 2.05) is 26.0 Å². The lowest BCUT2D eigenvalue weighted by Crippen LogP contribution is -2.19. The number of nitrogens with zero attached hydrogens (tertiary/aromatic N) is 1. The van der Waals surface area contributed by atoms with Gasteiger partial charge in [-0.25, -0.2) is 9.79 Å². The number of hydrogen-bond donors (Lipinski definition) is 1. The number of benzene rings is 2. The van der Waals surface area contributed by atoms with E-state index in [1.165, 1.54) is 26.0 Å². The van der Waals surface area contributed by atoms with Gasteiger partial charge in [-0.1, -0.05) is 31.9 Å². The molecule has 168 valence electrons. The molecule has 3 rings (SSSR count). The zero-order valence-electron chi connectivity index (χ0n) is 17.7. The predicted molar refractivity (Wildman–Crippen MR) is 133 cm³/mol. The second kappa shape index (κ2) is 10.5. The molecule has 0 spiro atoms. The molecular formula is C22H20Br2N2O5S. The molecule has 2 aromatic carbocycles. The van der Waals surface area contributed by atoms with Crippen molar-refractivity contribution in [3.8, 4) is 11.5 Å². The highest BCUT2D eigenvalue weighted by molar-refractivity contribution is 9.10. The van der Waals surface area contributed by atoms with Crippen LogP contribution in [0.2, 0.25) is 0 Å². The zero-order valence-corrected chi connectivity index (χ0v) is 21.7. The fraction of sp³-hybridized carbons (Fsp3) is 0.227. The third kappa shape index (κ3) is 5.73. The number of hydrogen-bond acceptors (Lipinski definition) is 7. The number of thioether (sulfide) groups is 1. The second-order valence-electron chi connectivity index (χ2n) is 6.76. The van der Waals surface area contributed by atoms with Crippen LogP contribution in [0.4, 0.5) is 5.69 Å². The van der Waals surface area contributed by atoms with Gasteiger partial charge in [0.2, 0.25) is 0 Å². The number of methoxy groups -OCH3 is 2. The van der Waals surface area contributed by atoms with E-state index < -0.39 is 5.97 Å². The third-order valence-electron chi connectivity index (χ3n) is 4.45. The molecule has 1 saturated heterocycles. The number of amidine groups is 1. The maximum Gasteiger partial charge on any atom is 0.343 e. The third-order valence-corrected chi connectivity index (χ3v) is 7.29. The van der Waals surface area contributed by atoms with Crippen molar-refractivity contribution in [2.45, 2.75) is 13.8 Å². The minimum Gasteiger partial charge on any atom is -0.493 e. The Balaban J connectivity index is 1.85. The molecule has 0 unspecified atom stereocenters. The largest absolute Gasteiger partial charge is 0.493 e. The number of carbonyl (C=O) groups excluding carboxylic acids is 2. The van der Waals surface area contributed by atoms with Crippen LogP contribution >= 0.6 is 43.6 Å². The molecule has 1 amide bonds. The van der Waals surface area contributed by atoms with Gasteiger partial charge in [0.15, 0.2) is 23.3 Å². The molecule has 32 heavy (non-hydrogen) atoms. The number of ether oxygens (including phenoxy) is 3. The van der Waals surface area contributed by atoms with Crippen LogP contribution in [0, 0.1) is 13.8 Å². The van der Waals surface area contributed by atoms with E-state index in [1.54, 1.807) is 18.2 Å². The number of aliphatic imine (C=N–C) groups is 1. The van der Waals surface area contributed by atoms with Crippen molar-refractivity contribution in [2.75, 3.05) is 20.8 Å². The van der Waals surface area contributed by atoms with E-state index in [-0.39, 0.29) is 12.5 Å². The van der Waals surface area contributed by atoms with Crippen LogP contribution < -0.4 is 14.8 Å². The molecular weight excluding hydrogens is 564 g/mol.